The van der Waals surface area contributed by atoms with E-state index in [4.69, 9.17) is 0 Å². The molecular weight excluding hydrogens is 524 g/mol. The van der Waals surface area contributed by atoms with E-state index in [1.165, 1.54) is 54.8 Å². The summed E-state index contributed by atoms with van der Waals surface area (Å²) in [5.74, 6) is -0.394. The van der Waals surface area contributed by atoms with E-state index in [0.29, 0.717) is 11.7 Å². The number of amides is 1. The number of sulfonamides is 1. The number of aromatic nitrogens is 3. The highest BCUT2D eigenvalue weighted by molar-refractivity contribution is 7.89. The molecule has 40 heavy (non-hydrogen) atoms. The van der Waals surface area contributed by atoms with Crippen molar-refractivity contribution < 1.29 is 13.2 Å². The molecule has 1 amide bonds. The minimum atomic E-state index is -3.92. The van der Waals surface area contributed by atoms with Crippen molar-refractivity contribution in [2.24, 2.45) is 0 Å². The second kappa shape index (κ2) is 11.2. The van der Waals surface area contributed by atoms with Gasteiger partial charge in [-0.3, -0.25) is 9.10 Å². The summed E-state index contributed by atoms with van der Waals surface area (Å²) in [5.41, 5.74) is 5.46. The number of aryl methyl sites for hydroxylation is 2. The van der Waals surface area contributed by atoms with Gasteiger partial charge in [0.1, 0.15) is 6.04 Å². The maximum atomic E-state index is 13.4. The largest absolute Gasteiger partial charge is 0.329 e. The molecule has 2 aromatic carbocycles. The van der Waals surface area contributed by atoms with E-state index >= 15 is 0 Å². The highest BCUT2D eigenvalue weighted by atomic mass is 32.2. The normalized spacial score (nSPS) is 21.4. The number of benzene rings is 2. The molecular formula is C30H36N6O3S. The number of nitrogens with one attached hydrogen (secondary N) is 2. The van der Waals surface area contributed by atoms with Crippen LogP contribution in [-0.2, 0) is 34.2 Å². The molecule has 2 heterocycles. The quantitative estimate of drug-likeness (QED) is 0.434. The lowest BCUT2D eigenvalue weighted by Gasteiger charge is -2.31. The van der Waals surface area contributed by atoms with Crippen molar-refractivity contribution in [3.8, 4) is 0 Å². The molecule has 2 aliphatic carbocycles. The van der Waals surface area contributed by atoms with Gasteiger partial charge in [-0.25, -0.2) is 13.1 Å². The zero-order chi connectivity index (χ0) is 27.7. The lowest BCUT2D eigenvalue weighted by molar-refractivity contribution is -0.124. The first-order valence-corrected chi connectivity index (χ1v) is 15.7. The standard InChI is InChI=1S/C30H36N6O3S/c1-21-9-12-26(13-10-21)40(38,39)36-16-15-31-30(37)29(36)18-25-20-35(34-33-25)28-8-4-5-23-17-22(11-14-27(23)28)19-32-24-6-2-3-7-24/h9-17,20,24,28-29,32H,2-8,18-19H2,1H3,(H,31,37)/t28-,29-/m1/s1. The molecule has 0 radical (unpaired) electrons. The van der Waals surface area contributed by atoms with Gasteiger partial charge in [0.15, 0.2) is 0 Å². The second-order valence-electron chi connectivity index (χ2n) is 11.2. The summed E-state index contributed by atoms with van der Waals surface area (Å²) in [6.45, 7) is 2.80. The number of fused-ring (bicyclic) bond motifs is 1. The Morgan fingerprint density at radius 1 is 1.05 bits per heavy atom. The molecule has 3 aromatic rings. The monoisotopic (exact) mass is 560 g/mol. The second-order valence-corrected chi connectivity index (χ2v) is 13.0. The third-order valence-corrected chi connectivity index (χ3v) is 10.2. The van der Waals surface area contributed by atoms with E-state index in [-0.39, 0.29) is 17.4 Å². The molecule has 9 nitrogen and oxygen atoms in total. The Morgan fingerprint density at radius 2 is 1.85 bits per heavy atom. The first-order valence-electron chi connectivity index (χ1n) is 14.2. The van der Waals surface area contributed by atoms with E-state index < -0.39 is 22.0 Å². The van der Waals surface area contributed by atoms with Crippen LogP contribution in [0, 0.1) is 6.92 Å². The van der Waals surface area contributed by atoms with Gasteiger partial charge in [-0.1, -0.05) is 54.0 Å². The number of hydrogen-bond donors (Lipinski definition) is 2. The van der Waals surface area contributed by atoms with Gasteiger partial charge in [-0.15, -0.1) is 5.10 Å². The highest BCUT2D eigenvalue weighted by Gasteiger charge is 2.36. The van der Waals surface area contributed by atoms with Crippen LogP contribution in [0.1, 0.15) is 72.5 Å². The lowest BCUT2D eigenvalue weighted by atomic mass is 9.86. The molecule has 0 unspecified atom stereocenters. The van der Waals surface area contributed by atoms with E-state index in [0.717, 1.165) is 35.7 Å². The Morgan fingerprint density at radius 3 is 2.65 bits per heavy atom. The Labute approximate surface area is 235 Å². The Hall–Kier alpha value is -3.50. The van der Waals surface area contributed by atoms with Gasteiger partial charge in [-0.05, 0) is 67.9 Å². The van der Waals surface area contributed by atoms with Gasteiger partial charge < -0.3 is 10.6 Å². The third kappa shape index (κ3) is 5.42. The average Bonchev–Trinajstić information content (AvgIpc) is 3.65. The van der Waals surface area contributed by atoms with Gasteiger partial charge in [0.25, 0.3) is 10.0 Å². The van der Waals surface area contributed by atoms with Crippen LogP contribution in [0.2, 0.25) is 0 Å². The fourth-order valence-corrected chi connectivity index (χ4v) is 7.60. The molecule has 2 N–H and O–H groups in total. The topological polar surface area (TPSA) is 109 Å². The van der Waals surface area contributed by atoms with Gasteiger partial charge in [0.05, 0.1) is 16.6 Å². The van der Waals surface area contributed by atoms with Crippen LogP contribution < -0.4 is 10.6 Å². The molecule has 0 saturated heterocycles. The summed E-state index contributed by atoms with van der Waals surface area (Å²) in [7, 11) is -3.92. The molecule has 0 spiro atoms. The minimum absolute atomic E-state index is 0.0642. The van der Waals surface area contributed by atoms with Crippen molar-refractivity contribution >= 4 is 15.9 Å². The summed E-state index contributed by atoms with van der Waals surface area (Å²) >= 11 is 0. The zero-order valence-electron chi connectivity index (χ0n) is 22.8. The van der Waals surface area contributed by atoms with Crippen LogP contribution >= 0.6 is 0 Å². The van der Waals surface area contributed by atoms with Gasteiger partial charge >= 0.3 is 0 Å². The first-order chi connectivity index (χ1) is 19.4. The molecule has 1 aliphatic heterocycles. The van der Waals surface area contributed by atoms with Crippen LogP contribution in [0.4, 0.5) is 0 Å². The molecule has 1 fully saturated rings. The third-order valence-electron chi connectivity index (χ3n) is 8.37. The summed E-state index contributed by atoms with van der Waals surface area (Å²) in [5, 5.41) is 15.1. The molecule has 1 saturated carbocycles. The smallest absolute Gasteiger partial charge is 0.264 e. The molecule has 1 aromatic heterocycles. The van der Waals surface area contributed by atoms with Gasteiger partial charge in [-0.2, -0.15) is 0 Å². The van der Waals surface area contributed by atoms with Gasteiger partial charge in [0.2, 0.25) is 5.91 Å². The molecule has 3 aliphatic rings. The minimum Gasteiger partial charge on any atom is -0.329 e. The summed E-state index contributed by atoms with van der Waals surface area (Å²) in [6, 6.07) is 13.1. The summed E-state index contributed by atoms with van der Waals surface area (Å²) in [6.07, 6.45) is 13.0. The number of rotatable bonds is 8. The van der Waals surface area contributed by atoms with Crippen molar-refractivity contribution in [1.82, 2.24) is 29.9 Å². The summed E-state index contributed by atoms with van der Waals surface area (Å²) in [4.78, 5) is 13.0. The maximum absolute atomic E-state index is 13.4. The molecule has 210 valence electrons. The maximum Gasteiger partial charge on any atom is 0.264 e. The predicted octanol–water partition coefficient (Wildman–Crippen LogP) is 3.75. The summed E-state index contributed by atoms with van der Waals surface area (Å²) < 4.78 is 29.9. The molecule has 6 rings (SSSR count). The predicted molar refractivity (Wildman–Crippen MR) is 152 cm³/mol. The number of nitrogens with zero attached hydrogens (tertiary/aromatic N) is 4. The van der Waals surface area contributed by atoms with Gasteiger partial charge in [0, 0.05) is 37.6 Å². The molecule has 0 bridgehead atoms. The fraction of sp³-hybridized carbons (Fsp3) is 0.433. The Bertz CT molecular complexity index is 1510. The molecule has 10 heteroatoms. The fourth-order valence-electron chi connectivity index (χ4n) is 6.15. The van der Waals surface area contributed by atoms with E-state index in [2.05, 4.69) is 39.1 Å². The van der Waals surface area contributed by atoms with E-state index in [1.54, 1.807) is 24.3 Å². The highest BCUT2D eigenvalue weighted by Crippen LogP contribution is 2.33. The van der Waals surface area contributed by atoms with Crippen LogP contribution in [0.25, 0.3) is 0 Å². The average molecular weight is 561 g/mol. The van der Waals surface area contributed by atoms with Crippen LogP contribution in [0.5, 0.6) is 0 Å². The van der Waals surface area contributed by atoms with E-state index in [1.807, 2.05) is 17.8 Å². The lowest BCUT2D eigenvalue weighted by Crippen LogP contribution is -2.50. The zero-order valence-corrected chi connectivity index (χ0v) is 23.6. The van der Waals surface area contributed by atoms with Crippen molar-refractivity contribution in [3.63, 3.8) is 0 Å². The first kappa shape index (κ1) is 26.7. The molecule has 2 atom stereocenters. The van der Waals surface area contributed by atoms with Crippen molar-refractivity contribution in [3.05, 3.63) is 89.0 Å². The Balaban J connectivity index is 1.19. The van der Waals surface area contributed by atoms with Crippen molar-refractivity contribution in [2.75, 3.05) is 0 Å². The number of carbonyl (C=O) groups is 1. The Kier molecular flexibility index (Phi) is 7.46. The van der Waals surface area contributed by atoms with Crippen molar-refractivity contribution in [2.45, 2.75) is 87.9 Å². The van der Waals surface area contributed by atoms with Crippen molar-refractivity contribution in [1.29, 1.82) is 0 Å². The van der Waals surface area contributed by atoms with Crippen LogP contribution in [0.15, 0.2) is 66.0 Å². The number of hydrogen-bond acceptors (Lipinski definition) is 6. The van der Waals surface area contributed by atoms with Crippen LogP contribution in [0.3, 0.4) is 0 Å². The van der Waals surface area contributed by atoms with Crippen LogP contribution in [-0.4, -0.2) is 45.7 Å². The van der Waals surface area contributed by atoms with E-state index in [9.17, 15) is 13.2 Å². The number of carbonyl (C=O) groups excluding carboxylic acids is 1. The SMILES string of the molecule is Cc1ccc(S(=O)(=O)N2C=CNC(=O)[C@H]2Cc2cn([C@@H]3CCCc4cc(CNC5CCCC5)ccc43)nn2)cc1.